The summed E-state index contributed by atoms with van der Waals surface area (Å²) in [4.78, 5) is 0. The Hall–Kier alpha value is -0.470. The van der Waals surface area contributed by atoms with Crippen molar-refractivity contribution in [2.75, 3.05) is 5.75 Å². The Morgan fingerprint density at radius 3 is 2.86 bits per heavy atom. The molecule has 0 amide bonds. The second-order valence-corrected chi connectivity index (χ2v) is 5.51. The summed E-state index contributed by atoms with van der Waals surface area (Å²) in [6.45, 7) is 4.18. The fraction of sp³-hybridized carbons (Fsp3) is 0.500. The quantitative estimate of drug-likeness (QED) is 0.765. The van der Waals surface area contributed by atoms with Crippen LogP contribution < -0.4 is 0 Å². The van der Waals surface area contributed by atoms with Gasteiger partial charge in [-0.2, -0.15) is 11.8 Å². The van der Waals surface area contributed by atoms with Gasteiger partial charge in [0.25, 0.3) is 0 Å². The van der Waals surface area contributed by atoms with Gasteiger partial charge in [-0.15, -0.1) is 0 Å². The summed E-state index contributed by atoms with van der Waals surface area (Å²) < 4.78 is 0. The lowest BCUT2D eigenvalue weighted by Gasteiger charge is -2.27. The van der Waals surface area contributed by atoms with Crippen molar-refractivity contribution >= 4 is 11.8 Å². The Morgan fingerprint density at radius 1 is 1.50 bits per heavy atom. The maximum Gasteiger partial charge on any atom is 0.102 e. The van der Waals surface area contributed by atoms with E-state index in [0.29, 0.717) is 5.25 Å². The van der Waals surface area contributed by atoms with E-state index in [1.165, 1.54) is 5.56 Å². The highest BCUT2D eigenvalue weighted by molar-refractivity contribution is 8.00. The molecule has 2 rings (SSSR count). The first kappa shape index (κ1) is 10.1. The molecule has 1 fully saturated rings. The first-order valence-corrected chi connectivity index (χ1v) is 6.09. The molecule has 1 saturated heterocycles. The van der Waals surface area contributed by atoms with E-state index in [2.05, 4.69) is 26.0 Å². The molecule has 14 heavy (non-hydrogen) atoms. The molecule has 0 saturated carbocycles. The van der Waals surface area contributed by atoms with Crippen LogP contribution in [0.3, 0.4) is 0 Å². The lowest BCUT2D eigenvalue weighted by Crippen LogP contribution is -2.31. The number of aliphatic hydroxyl groups is 1. The van der Waals surface area contributed by atoms with Gasteiger partial charge in [0.15, 0.2) is 0 Å². The minimum Gasteiger partial charge on any atom is -0.384 e. The number of hydrogen-bond donors (Lipinski definition) is 1. The van der Waals surface area contributed by atoms with E-state index in [1.807, 2.05) is 23.9 Å². The lowest BCUT2D eigenvalue weighted by molar-refractivity contribution is 0.0426. The number of rotatable bonds is 1. The van der Waals surface area contributed by atoms with Crippen LogP contribution in [0.5, 0.6) is 0 Å². The zero-order valence-electron chi connectivity index (χ0n) is 8.66. The third-order valence-electron chi connectivity index (χ3n) is 3.04. The van der Waals surface area contributed by atoms with E-state index in [0.717, 1.165) is 17.7 Å². The van der Waals surface area contributed by atoms with Gasteiger partial charge in [0.1, 0.15) is 5.60 Å². The monoisotopic (exact) mass is 208 g/mol. The van der Waals surface area contributed by atoms with Crippen molar-refractivity contribution in [3.05, 3.63) is 35.4 Å². The molecule has 0 radical (unpaired) electrons. The number of aryl methyl sites for hydroxylation is 1. The van der Waals surface area contributed by atoms with Crippen molar-refractivity contribution in [3.63, 3.8) is 0 Å². The smallest absolute Gasteiger partial charge is 0.102 e. The molecule has 1 heterocycles. The number of thioether (sulfide) groups is 1. The summed E-state index contributed by atoms with van der Waals surface area (Å²) >= 11 is 1.85. The first-order chi connectivity index (χ1) is 6.63. The SMILES string of the molecule is Cc1cccc([C@@]2(O)CCS[C@H]2C)c1. The summed E-state index contributed by atoms with van der Waals surface area (Å²) in [7, 11) is 0. The van der Waals surface area contributed by atoms with Crippen LogP contribution in [0.1, 0.15) is 24.5 Å². The van der Waals surface area contributed by atoms with E-state index >= 15 is 0 Å². The Balaban J connectivity index is 2.38. The molecule has 0 bridgehead atoms. The van der Waals surface area contributed by atoms with Gasteiger partial charge in [-0.3, -0.25) is 0 Å². The Bertz CT molecular complexity index is 337. The van der Waals surface area contributed by atoms with Crippen LogP contribution in [0.2, 0.25) is 0 Å². The summed E-state index contributed by atoms with van der Waals surface area (Å²) in [5, 5.41) is 10.8. The second-order valence-electron chi connectivity index (χ2n) is 4.06. The minimum atomic E-state index is -0.601. The first-order valence-electron chi connectivity index (χ1n) is 5.04. The average molecular weight is 208 g/mol. The highest BCUT2D eigenvalue weighted by Gasteiger charge is 2.40. The summed E-state index contributed by atoms with van der Waals surface area (Å²) in [5.41, 5.74) is 1.70. The van der Waals surface area contributed by atoms with E-state index in [9.17, 15) is 5.11 Å². The van der Waals surface area contributed by atoms with Crippen LogP contribution >= 0.6 is 11.8 Å². The van der Waals surface area contributed by atoms with Crippen LogP contribution in [0.4, 0.5) is 0 Å². The Kier molecular flexibility index (Phi) is 2.58. The highest BCUT2D eigenvalue weighted by Crippen LogP contribution is 2.42. The molecule has 2 atom stereocenters. The number of hydrogen-bond acceptors (Lipinski definition) is 2. The Labute approximate surface area is 89.5 Å². The highest BCUT2D eigenvalue weighted by atomic mass is 32.2. The topological polar surface area (TPSA) is 20.2 Å². The molecule has 0 spiro atoms. The Morgan fingerprint density at radius 2 is 2.29 bits per heavy atom. The van der Waals surface area contributed by atoms with Crippen molar-refractivity contribution in [2.24, 2.45) is 0 Å². The molecule has 1 aromatic rings. The standard InChI is InChI=1S/C12H16OS/c1-9-4-3-5-11(8-9)12(13)6-7-14-10(12)2/h3-5,8,10,13H,6-7H2,1-2H3/t10-,12+/m0/s1. The normalized spacial score (nSPS) is 32.1. The molecule has 2 heteroatoms. The molecular formula is C12H16OS. The summed E-state index contributed by atoms with van der Waals surface area (Å²) in [6.07, 6.45) is 0.877. The van der Waals surface area contributed by atoms with Crippen LogP contribution in [0, 0.1) is 6.92 Å². The maximum atomic E-state index is 10.5. The molecule has 1 aliphatic rings. The van der Waals surface area contributed by atoms with E-state index in [-0.39, 0.29) is 0 Å². The minimum absolute atomic E-state index is 0.310. The van der Waals surface area contributed by atoms with Crippen molar-refractivity contribution < 1.29 is 5.11 Å². The largest absolute Gasteiger partial charge is 0.384 e. The van der Waals surface area contributed by atoms with Crippen LogP contribution in [0.25, 0.3) is 0 Å². The zero-order valence-corrected chi connectivity index (χ0v) is 9.47. The molecule has 0 aromatic heterocycles. The third kappa shape index (κ3) is 1.57. The van der Waals surface area contributed by atoms with Crippen LogP contribution in [-0.2, 0) is 5.60 Å². The zero-order chi connectivity index (χ0) is 10.2. The predicted molar refractivity (Wildman–Crippen MR) is 61.6 cm³/mol. The van der Waals surface area contributed by atoms with Crippen LogP contribution in [-0.4, -0.2) is 16.1 Å². The van der Waals surface area contributed by atoms with Crippen molar-refractivity contribution in [2.45, 2.75) is 31.1 Å². The maximum absolute atomic E-state index is 10.5. The van der Waals surface area contributed by atoms with Crippen LogP contribution in [0.15, 0.2) is 24.3 Å². The average Bonchev–Trinajstić information content (AvgIpc) is 2.49. The van der Waals surface area contributed by atoms with Gasteiger partial charge in [0, 0.05) is 5.25 Å². The summed E-state index contributed by atoms with van der Waals surface area (Å²) in [5.74, 6) is 1.06. The molecule has 1 aliphatic heterocycles. The lowest BCUT2D eigenvalue weighted by atomic mass is 9.88. The second kappa shape index (κ2) is 3.59. The van der Waals surface area contributed by atoms with E-state index < -0.39 is 5.60 Å². The fourth-order valence-electron chi connectivity index (χ4n) is 2.03. The van der Waals surface area contributed by atoms with Gasteiger partial charge in [-0.25, -0.2) is 0 Å². The molecule has 1 aromatic carbocycles. The third-order valence-corrected chi connectivity index (χ3v) is 4.37. The molecule has 1 N–H and O–H groups in total. The van der Waals surface area contributed by atoms with Gasteiger partial charge >= 0.3 is 0 Å². The van der Waals surface area contributed by atoms with Crippen molar-refractivity contribution in [1.29, 1.82) is 0 Å². The molecule has 0 unspecified atom stereocenters. The summed E-state index contributed by atoms with van der Waals surface area (Å²) in [6, 6.07) is 8.23. The van der Waals surface area contributed by atoms with Gasteiger partial charge in [0.2, 0.25) is 0 Å². The molecule has 1 nitrogen and oxygen atoms in total. The fourth-order valence-corrected chi connectivity index (χ4v) is 3.34. The molecular weight excluding hydrogens is 192 g/mol. The van der Waals surface area contributed by atoms with Gasteiger partial charge in [0.05, 0.1) is 0 Å². The van der Waals surface area contributed by atoms with E-state index in [1.54, 1.807) is 0 Å². The van der Waals surface area contributed by atoms with Gasteiger partial charge < -0.3 is 5.11 Å². The van der Waals surface area contributed by atoms with Gasteiger partial charge in [-0.05, 0) is 24.7 Å². The van der Waals surface area contributed by atoms with Crippen molar-refractivity contribution in [3.8, 4) is 0 Å². The molecule has 0 aliphatic carbocycles. The van der Waals surface area contributed by atoms with E-state index in [4.69, 9.17) is 0 Å². The number of benzene rings is 1. The van der Waals surface area contributed by atoms with Gasteiger partial charge in [-0.1, -0.05) is 36.8 Å². The van der Waals surface area contributed by atoms with Crippen molar-refractivity contribution in [1.82, 2.24) is 0 Å². The molecule has 76 valence electrons. The predicted octanol–water partition coefficient (Wildman–Crippen LogP) is 2.71.